The van der Waals surface area contributed by atoms with Crippen LogP contribution in [0.4, 0.5) is 8.78 Å². The van der Waals surface area contributed by atoms with Gasteiger partial charge in [-0.1, -0.05) is 18.2 Å². The Labute approximate surface area is 113 Å². The second-order valence-electron chi connectivity index (χ2n) is 5.32. The van der Waals surface area contributed by atoms with E-state index >= 15 is 0 Å². The van der Waals surface area contributed by atoms with Crippen molar-refractivity contribution in [3.8, 4) is 0 Å². The molecule has 1 aromatic carbocycles. The molecule has 0 saturated carbocycles. The van der Waals surface area contributed by atoms with Crippen LogP contribution in [0.3, 0.4) is 0 Å². The van der Waals surface area contributed by atoms with Crippen molar-refractivity contribution in [1.29, 1.82) is 0 Å². The van der Waals surface area contributed by atoms with Crippen molar-refractivity contribution < 1.29 is 8.78 Å². The lowest BCUT2D eigenvalue weighted by Crippen LogP contribution is -2.36. The van der Waals surface area contributed by atoms with Crippen molar-refractivity contribution in [3.63, 3.8) is 0 Å². The van der Waals surface area contributed by atoms with Gasteiger partial charge in [-0.3, -0.25) is 4.90 Å². The van der Waals surface area contributed by atoms with Gasteiger partial charge in [0.2, 0.25) is 0 Å². The zero-order valence-electron chi connectivity index (χ0n) is 11.4. The summed E-state index contributed by atoms with van der Waals surface area (Å²) >= 11 is 0. The van der Waals surface area contributed by atoms with Crippen LogP contribution in [0.1, 0.15) is 30.4 Å². The minimum atomic E-state index is -2.37. The molecule has 0 unspecified atom stereocenters. The van der Waals surface area contributed by atoms with Gasteiger partial charge >= 0.3 is 0 Å². The maximum absolute atomic E-state index is 12.6. The topological polar surface area (TPSA) is 15.3 Å². The maximum Gasteiger partial charge on any atom is 0.263 e. The Kier molecular flexibility index (Phi) is 5.28. The number of piperidine rings is 1. The Bertz CT molecular complexity index is 387. The molecular weight excluding hydrogens is 246 g/mol. The van der Waals surface area contributed by atoms with Gasteiger partial charge in [0.1, 0.15) is 0 Å². The van der Waals surface area contributed by atoms with E-state index in [1.54, 1.807) is 12.1 Å². The predicted octanol–water partition coefficient (Wildman–Crippen LogP) is 3.06. The van der Waals surface area contributed by atoms with Crippen LogP contribution in [0.5, 0.6) is 0 Å². The highest BCUT2D eigenvalue weighted by Crippen LogP contribution is 2.22. The number of nitrogens with zero attached hydrogens (tertiary/aromatic N) is 1. The van der Waals surface area contributed by atoms with Crippen LogP contribution in [0, 0.1) is 5.92 Å². The molecule has 0 bridgehead atoms. The largest absolute Gasteiger partial charge is 0.319 e. The van der Waals surface area contributed by atoms with E-state index in [9.17, 15) is 8.78 Å². The zero-order chi connectivity index (χ0) is 13.7. The third-order valence-electron chi connectivity index (χ3n) is 3.81. The summed E-state index contributed by atoms with van der Waals surface area (Å²) in [5.41, 5.74) is 1.12. The SMILES string of the molecule is CNCC1CCN(Cc2cccc(C(F)F)c2)CC1. The predicted molar refractivity (Wildman–Crippen MR) is 73.3 cm³/mol. The van der Waals surface area contributed by atoms with E-state index in [1.807, 2.05) is 13.1 Å². The standard InChI is InChI=1S/C15H22F2N2/c1-18-10-12-5-7-19(8-6-12)11-13-3-2-4-14(9-13)15(16)17/h2-4,9,12,15,18H,5-8,10-11H2,1H3. The number of alkyl halides is 2. The van der Waals surface area contributed by atoms with Crippen LogP contribution in [-0.4, -0.2) is 31.6 Å². The van der Waals surface area contributed by atoms with E-state index in [-0.39, 0.29) is 5.56 Å². The molecule has 2 rings (SSSR count). The smallest absolute Gasteiger partial charge is 0.263 e. The average Bonchev–Trinajstić information content (AvgIpc) is 2.42. The summed E-state index contributed by atoms with van der Waals surface area (Å²) < 4.78 is 25.3. The molecule has 0 radical (unpaired) electrons. The van der Waals surface area contributed by atoms with Gasteiger partial charge in [0.05, 0.1) is 0 Å². The highest BCUT2D eigenvalue weighted by atomic mass is 19.3. The van der Waals surface area contributed by atoms with Crippen LogP contribution in [-0.2, 0) is 6.54 Å². The molecule has 1 aliphatic heterocycles. The molecular formula is C15H22F2N2. The van der Waals surface area contributed by atoms with Gasteiger partial charge < -0.3 is 5.32 Å². The van der Waals surface area contributed by atoms with Crippen molar-refractivity contribution in [2.24, 2.45) is 5.92 Å². The first-order chi connectivity index (χ1) is 9.19. The molecule has 106 valence electrons. The Hall–Kier alpha value is -1.00. The average molecular weight is 268 g/mol. The summed E-state index contributed by atoms with van der Waals surface area (Å²) in [7, 11) is 1.99. The Morgan fingerprint density at radius 2 is 2.05 bits per heavy atom. The van der Waals surface area contributed by atoms with Gasteiger partial charge in [-0.25, -0.2) is 8.78 Å². The molecule has 0 amide bonds. The molecule has 0 atom stereocenters. The summed E-state index contributed by atoms with van der Waals surface area (Å²) in [6, 6.07) is 6.79. The number of likely N-dealkylation sites (tertiary alicyclic amines) is 1. The summed E-state index contributed by atoms with van der Waals surface area (Å²) in [5, 5.41) is 3.22. The first kappa shape index (κ1) is 14.4. The van der Waals surface area contributed by atoms with Gasteiger partial charge in [-0.15, -0.1) is 0 Å². The fraction of sp³-hybridized carbons (Fsp3) is 0.600. The molecule has 1 N–H and O–H groups in total. The fourth-order valence-electron chi connectivity index (χ4n) is 2.72. The molecule has 1 aromatic rings. The second kappa shape index (κ2) is 6.96. The summed E-state index contributed by atoms with van der Waals surface area (Å²) in [4.78, 5) is 2.36. The lowest BCUT2D eigenvalue weighted by atomic mass is 9.96. The maximum atomic E-state index is 12.6. The monoisotopic (exact) mass is 268 g/mol. The first-order valence-corrected chi connectivity index (χ1v) is 6.93. The highest BCUT2D eigenvalue weighted by Gasteiger charge is 2.18. The van der Waals surface area contributed by atoms with Crippen molar-refractivity contribution in [1.82, 2.24) is 10.2 Å². The highest BCUT2D eigenvalue weighted by molar-refractivity contribution is 5.24. The van der Waals surface area contributed by atoms with E-state index in [0.717, 1.165) is 37.7 Å². The van der Waals surface area contributed by atoms with Gasteiger partial charge in [-0.2, -0.15) is 0 Å². The number of hydrogen-bond acceptors (Lipinski definition) is 2. The van der Waals surface area contributed by atoms with Crippen molar-refractivity contribution >= 4 is 0 Å². The van der Waals surface area contributed by atoms with Crippen molar-refractivity contribution in [2.45, 2.75) is 25.8 Å². The lowest BCUT2D eigenvalue weighted by molar-refractivity contribution is 0.150. The molecule has 1 fully saturated rings. The van der Waals surface area contributed by atoms with Crippen LogP contribution in [0.25, 0.3) is 0 Å². The third-order valence-corrected chi connectivity index (χ3v) is 3.81. The normalized spacial score (nSPS) is 18.1. The summed E-state index contributed by atoms with van der Waals surface area (Å²) in [6.45, 7) is 3.98. The number of nitrogens with one attached hydrogen (secondary N) is 1. The molecule has 1 aliphatic rings. The van der Waals surface area contributed by atoms with E-state index in [2.05, 4.69) is 10.2 Å². The van der Waals surface area contributed by atoms with E-state index < -0.39 is 6.43 Å². The molecule has 0 aromatic heterocycles. The minimum Gasteiger partial charge on any atom is -0.319 e. The molecule has 0 aliphatic carbocycles. The van der Waals surface area contributed by atoms with Crippen LogP contribution >= 0.6 is 0 Å². The van der Waals surface area contributed by atoms with Crippen molar-refractivity contribution in [2.75, 3.05) is 26.7 Å². The number of rotatable bonds is 5. The van der Waals surface area contributed by atoms with E-state index in [1.165, 1.54) is 18.9 Å². The van der Waals surface area contributed by atoms with E-state index in [4.69, 9.17) is 0 Å². The number of benzene rings is 1. The molecule has 4 heteroatoms. The lowest BCUT2D eigenvalue weighted by Gasteiger charge is -2.31. The zero-order valence-corrected chi connectivity index (χ0v) is 11.4. The molecule has 0 spiro atoms. The van der Waals surface area contributed by atoms with Crippen LogP contribution in [0.2, 0.25) is 0 Å². The Balaban J connectivity index is 1.87. The Morgan fingerprint density at radius 3 is 2.68 bits per heavy atom. The van der Waals surface area contributed by atoms with Gasteiger partial charge in [0, 0.05) is 12.1 Å². The van der Waals surface area contributed by atoms with Gasteiger partial charge in [-0.05, 0) is 57.1 Å². The molecule has 1 saturated heterocycles. The molecule has 19 heavy (non-hydrogen) atoms. The number of hydrogen-bond donors (Lipinski definition) is 1. The molecule has 2 nitrogen and oxygen atoms in total. The van der Waals surface area contributed by atoms with Crippen molar-refractivity contribution in [3.05, 3.63) is 35.4 Å². The second-order valence-corrected chi connectivity index (χ2v) is 5.32. The van der Waals surface area contributed by atoms with Gasteiger partial charge in [0.15, 0.2) is 0 Å². The summed E-state index contributed by atoms with van der Waals surface area (Å²) in [6.07, 6.45) is 0.00594. The quantitative estimate of drug-likeness (QED) is 0.883. The van der Waals surface area contributed by atoms with Crippen LogP contribution in [0.15, 0.2) is 24.3 Å². The first-order valence-electron chi connectivity index (χ1n) is 6.93. The molecule has 1 heterocycles. The minimum absolute atomic E-state index is 0.127. The third kappa shape index (κ3) is 4.25. The van der Waals surface area contributed by atoms with Crippen LogP contribution < -0.4 is 5.32 Å². The van der Waals surface area contributed by atoms with Gasteiger partial charge in [0.25, 0.3) is 6.43 Å². The Morgan fingerprint density at radius 1 is 1.32 bits per heavy atom. The fourth-order valence-corrected chi connectivity index (χ4v) is 2.72. The summed E-state index contributed by atoms with van der Waals surface area (Å²) in [5.74, 6) is 0.758. The van der Waals surface area contributed by atoms with E-state index in [0.29, 0.717) is 0 Å². The number of halogens is 2.